The second-order valence-corrected chi connectivity index (χ2v) is 6.17. The number of halogens is 1. The van der Waals surface area contributed by atoms with Crippen LogP contribution in [0, 0.1) is 12.8 Å². The average Bonchev–Trinajstić information content (AvgIpc) is 2.49. The van der Waals surface area contributed by atoms with E-state index in [1.165, 1.54) is 0 Å². The van der Waals surface area contributed by atoms with Crippen LogP contribution in [0.3, 0.4) is 0 Å². The van der Waals surface area contributed by atoms with Crippen LogP contribution in [0.2, 0.25) is 0 Å². The highest BCUT2D eigenvalue weighted by Crippen LogP contribution is 2.19. The lowest BCUT2D eigenvalue weighted by molar-refractivity contribution is -0.120. The molecule has 0 bridgehead atoms. The molecule has 23 heavy (non-hydrogen) atoms. The molecule has 2 amide bonds. The molecule has 0 radical (unpaired) electrons. The van der Waals surface area contributed by atoms with Gasteiger partial charge in [0.15, 0.2) is 0 Å². The molecule has 1 heterocycles. The molecule has 2 rings (SSSR count). The third kappa shape index (κ3) is 5.52. The lowest BCUT2D eigenvalue weighted by atomic mass is 9.97. The first-order chi connectivity index (χ1) is 10.5. The molecule has 1 aliphatic rings. The molecule has 1 aromatic rings. The second kappa shape index (κ2) is 8.89. The summed E-state index contributed by atoms with van der Waals surface area (Å²) in [5, 5.41) is 9.07. The van der Waals surface area contributed by atoms with Crippen LogP contribution in [-0.4, -0.2) is 30.9 Å². The number of anilines is 1. The van der Waals surface area contributed by atoms with Crippen LogP contribution in [0.15, 0.2) is 18.2 Å². The van der Waals surface area contributed by atoms with E-state index >= 15 is 0 Å². The maximum atomic E-state index is 12.3. The summed E-state index contributed by atoms with van der Waals surface area (Å²) in [6, 6.07) is 5.56. The van der Waals surface area contributed by atoms with Crippen molar-refractivity contribution >= 4 is 29.9 Å². The van der Waals surface area contributed by atoms with Gasteiger partial charge >= 0.3 is 0 Å². The van der Waals surface area contributed by atoms with Crippen molar-refractivity contribution in [1.29, 1.82) is 0 Å². The number of nitrogens with one attached hydrogen (secondary N) is 3. The highest BCUT2D eigenvalue weighted by molar-refractivity contribution is 5.98. The van der Waals surface area contributed by atoms with E-state index in [2.05, 4.69) is 16.0 Å². The summed E-state index contributed by atoms with van der Waals surface area (Å²) in [6.07, 6.45) is 1.72. The Hall–Kier alpha value is -1.59. The zero-order valence-corrected chi connectivity index (χ0v) is 14.8. The molecule has 5 nitrogen and oxygen atoms in total. The number of carbonyl (C=O) groups excluding carboxylic acids is 2. The Morgan fingerprint density at radius 1 is 1.22 bits per heavy atom. The van der Waals surface area contributed by atoms with Gasteiger partial charge in [-0.3, -0.25) is 9.59 Å². The van der Waals surface area contributed by atoms with Crippen molar-refractivity contribution in [1.82, 2.24) is 10.6 Å². The van der Waals surface area contributed by atoms with Gasteiger partial charge in [0.2, 0.25) is 5.91 Å². The molecule has 1 aliphatic heterocycles. The Morgan fingerprint density at radius 3 is 2.48 bits per heavy atom. The van der Waals surface area contributed by atoms with E-state index in [0.717, 1.165) is 31.5 Å². The molecule has 0 unspecified atom stereocenters. The van der Waals surface area contributed by atoms with Gasteiger partial charge in [0.05, 0.1) is 0 Å². The molecule has 3 N–H and O–H groups in total. The van der Waals surface area contributed by atoms with Crippen molar-refractivity contribution in [2.24, 2.45) is 5.92 Å². The molecule has 0 spiro atoms. The molecular weight excluding hydrogens is 314 g/mol. The van der Waals surface area contributed by atoms with E-state index in [9.17, 15) is 9.59 Å². The van der Waals surface area contributed by atoms with Crippen LogP contribution in [0.25, 0.3) is 0 Å². The number of amides is 2. The third-order valence-corrected chi connectivity index (χ3v) is 3.88. The Balaban J connectivity index is 0.00000264. The van der Waals surface area contributed by atoms with E-state index in [1.54, 1.807) is 6.07 Å². The van der Waals surface area contributed by atoms with Crippen molar-refractivity contribution < 1.29 is 9.59 Å². The predicted octanol–water partition coefficient (Wildman–Crippen LogP) is 2.49. The van der Waals surface area contributed by atoms with Crippen molar-refractivity contribution in [3.63, 3.8) is 0 Å². The molecular formula is C17H26ClN3O2. The number of carbonyl (C=O) groups is 2. The summed E-state index contributed by atoms with van der Waals surface area (Å²) < 4.78 is 0. The number of piperidine rings is 1. The third-order valence-electron chi connectivity index (χ3n) is 3.88. The molecule has 0 atom stereocenters. The van der Waals surface area contributed by atoms with Gasteiger partial charge in [-0.25, -0.2) is 0 Å². The van der Waals surface area contributed by atoms with Crippen LogP contribution < -0.4 is 16.0 Å². The van der Waals surface area contributed by atoms with Crippen molar-refractivity contribution in [3.8, 4) is 0 Å². The highest BCUT2D eigenvalue weighted by atomic mass is 35.5. The minimum absolute atomic E-state index is 0. The molecule has 1 aromatic carbocycles. The SMILES string of the molecule is Cc1ccc(NC(=O)C2CCNCC2)cc1C(=O)NC(C)C.Cl. The smallest absolute Gasteiger partial charge is 0.251 e. The molecule has 0 aliphatic carbocycles. The molecule has 1 saturated heterocycles. The number of benzene rings is 1. The summed E-state index contributed by atoms with van der Waals surface area (Å²) in [4.78, 5) is 24.5. The van der Waals surface area contributed by atoms with Gasteiger partial charge < -0.3 is 16.0 Å². The Kier molecular flexibility index (Phi) is 7.52. The fraction of sp³-hybridized carbons (Fsp3) is 0.529. The Labute approximate surface area is 144 Å². The monoisotopic (exact) mass is 339 g/mol. The molecule has 6 heteroatoms. The predicted molar refractivity (Wildman–Crippen MR) is 95.3 cm³/mol. The fourth-order valence-electron chi connectivity index (χ4n) is 2.61. The quantitative estimate of drug-likeness (QED) is 0.789. The number of hydrogen-bond acceptors (Lipinski definition) is 3. The first-order valence-electron chi connectivity index (χ1n) is 7.90. The maximum Gasteiger partial charge on any atom is 0.251 e. The maximum absolute atomic E-state index is 12.3. The second-order valence-electron chi connectivity index (χ2n) is 6.17. The van der Waals surface area contributed by atoms with Gasteiger partial charge in [-0.1, -0.05) is 6.07 Å². The van der Waals surface area contributed by atoms with Crippen LogP contribution in [0.4, 0.5) is 5.69 Å². The van der Waals surface area contributed by atoms with Crippen LogP contribution >= 0.6 is 12.4 Å². The van der Waals surface area contributed by atoms with Crippen molar-refractivity contribution in [3.05, 3.63) is 29.3 Å². The average molecular weight is 340 g/mol. The zero-order chi connectivity index (χ0) is 16.1. The van der Waals surface area contributed by atoms with Gasteiger partial charge in [-0.2, -0.15) is 0 Å². The van der Waals surface area contributed by atoms with Crippen molar-refractivity contribution in [2.45, 2.75) is 39.7 Å². The molecule has 0 saturated carbocycles. The molecule has 128 valence electrons. The first kappa shape index (κ1) is 19.5. The highest BCUT2D eigenvalue weighted by Gasteiger charge is 2.21. The number of rotatable bonds is 4. The fourth-order valence-corrected chi connectivity index (χ4v) is 2.61. The summed E-state index contributed by atoms with van der Waals surface area (Å²) in [6.45, 7) is 7.52. The van der Waals surface area contributed by atoms with E-state index in [-0.39, 0.29) is 36.2 Å². The summed E-state index contributed by atoms with van der Waals surface area (Å²) in [5.41, 5.74) is 2.19. The lowest BCUT2D eigenvalue weighted by Crippen LogP contribution is -2.34. The largest absolute Gasteiger partial charge is 0.350 e. The van der Waals surface area contributed by atoms with Crippen LogP contribution in [0.1, 0.15) is 42.6 Å². The topological polar surface area (TPSA) is 70.2 Å². The van der Waals surface area contributed by atoms with Gasteiger partial charge in [0.25, 0.3) is 5.91 Å². The van der Waals surface area contributed by atoms with Gasteiger partial charge in [0.1, 0.15) is 0 Å². The molecule has 1 fully saturated rings. The standard InChI is InChI=1S/C17H25N3O2.ClH/c1-11(2)19-17(22)15-10-14(5-4-12(15)3)20-16(21)13-6-8-18-9-7-13;/h4-5,10-11,13,18H,6-9H2,1-3H3,(H,19,22)(H,20,21);1H. The normalized spacial score (nSPS) is 15.0. The van der Waals surface area contributed by atoms with Crippen LogP contribution in [-0.2, 0) is 4.79 Å². The van der Waals surface area contributed by atoms with E-state index in [0.29, 0.717) is 11.3 Å². The number of hydrogen-bond donors (Lipinski definition) is 3. The van der Waals surface area contributed by atoms with Crippen LogP contribution in [0.5, 0.6) is 0 Å². The Morgan fingerprint density at radius 2 is 1.87 bits per heavy atom. The lowest BCUT2D eigenvalue weighted by Gasteiger charge is -2.22. The minimum Gasteiger partial charge on any atom is -0.350 e. The van der Waals surface area contributed by atoms with E-state index < -0.39 is 0 Å². The zero-order valence-electron chi connectivity index (χ0n) is 13.9. The van der Waals surface area contributed by atoms with E-state index in [4.69, 9.17) is 0 Å². The first-order valence-corrected chi connectivity index (χ1v) is 7.90. The van der Waals surface area contributed by atoms with Gasteiger partial charge in [0, 0.05) is 23.2 Å². The summed E-state index contributed by atoms with van der Waals surface area (Å²) in [5.74, 6) is -0.0125. The Bertz CT molecular complexity index is 555. The van der Waals surface area contributed by atoms with Gasteiger partial charge in [-0.05, 0) is 64.4 Å². The summed E-state index contributed by atoms with van der Waals surface area (Å²) >= 11 is 0. The van der Waals surface area contributed by atoms with Gasteiger partial charge in [-0.15, -0.1) is 12.4 Å². The number of aryl methyl sites for hydroxylation is 1. The van der Waals surface area contributed by atoms with E-state index in [1.807, 2.05) is 32.9 Å². The summed E-state index contributed by atoms with van der Waals surface area (Å²) in [7, 11) is 0. The van der Waals surface area contributed by atoms with Crippen molar-refractivity contribution in [2.75, 3.05) is 18.4 Å². The minimum atomic E-state index is -0.106. The molecule has 0 aromatic heterocycles.